The third kappa shape index (κ3) is 3.82. The Kier molecular flexibility index (Phi) is 5.56. The Hall–Kier alpha value is -3.15. The molecular formula is C25H27FN2O3. The van der Waals surface area contributed by atoms with Crippen LogP contribution in [-0.2, 0) is 6.54 Å². The number of carbonyl (C=O) groups excluding carboxylic acids is 1. The van der Waals surface area contributed by atoms with Crippen molar-refractivity contribution in [1.82, 2.24) is 9.88 Å². The van der Waals surface area contributed by atoms with Gasteiger partial charge in [-0.3, -0.25) is 9.59 Å². The Morgan fingerprint density at radius 1 is 1.29 bits per heavy atom. The summed E-state index contributed by atoms with van der Waals surface area (Å²) in [5, 5.41) is 14.9. The molecule has 3 aliphatic carbocycles. The summed E-state index contributed by atoms with van der Waals surface area (Å²) in [6.45, 7) is 3.95. The van der Waals surface area contributed by atoms with Gasteiger partial charge in [-0.2, -0.15) is 0 Å². The van der Waals surface area contributed by atoms with E-state index in [2.05, 4.69) is 5.32 Å². The van der Waals surface area contributed by atoms with Gasteiger partial charge in [0.2, 0.25) is 0 Å². The largest absolute Gasteiger partial charge is 0.506 e. The Morgan fingerprint density at radius 3 is 2.52 bits per heavy atom. The highest BCUT2D eigenvalue weighted by Gasteiger charge is 2.57. The van der Waals surface area contributed by atoms with Crippen LogP contribution >= 0.6 is 0 Å². The standard InChI is InChI=1S/C25H27FN2O3/c1-3-5-7-19-20(6-4-2)28(15-16-8-10-18(26)11-9-16)24(31)21(22(19)29)23(30)27-25-12-17(13-25)14-25/h3,5-11,17,29H,4,12-15H2,1-2H3,(H,27,30)/b5-3-,19-7+,20-6-. The van der Waals surface area contributed by atoms with Crippen LogP contribution in [0.25, 0.3) is 12.2 Å². The van der Waals surface area contributed by atoms with Crippen molar-refractivity contribution in [2.45, 2.75) is 51.6 Å². The monoisotopic (exact) mass is 422 g/mol. The molecule has 3 fully saturated rings. The van der Waals surface area contributed by atoms with Crippen molar-refractivity contribution in [3.05, 3.63) is 74.3 Å². The predicted octanol–water partition coefficient (Wildman–Crippen LogP) is 2.57. The van der Waals surface area contributed by atoms with E-state index in [-0.39, 0.29) is 29.2 Å². The normalized spacial score (nSPS) is 23.0. The van der Waals surface area contributed by atoms with E-state index in [4.69, 9.17) is 0 Å². The van der Waals surface area contributed by atoms with Crippen LogP contribution in [0.5, 0.6) is 5.75 Å². The highest BCUT2D eigenvalue weighted by atomic mass is 19.1. The van der Waals surface area contributed by atoms with E-state index >= 15 is 0 Å². The number of hydrogen-bond acceptors (Lipinski definition) is 3. The summed E-state index contributed by atoms with van der Waals surface area (Å²) in [4.78, 5) is 26.5. The molecule has 1 heterocycles. The molecule has 0 saturated heterocycles. The third-order valence-electron chi connectivity index (χ3n) is 6.27. The molecule has 0 aliphatic heterocycles. The van der Waals surface area contributed by atoms with Gasteiger partial charge in [0.05, 0.1) is 11.9 Å². The van der Waals surface area contributed by atoms with E-state index < -0.39 is 11.5 Å². The molecule has 2 bridgehead atoms. The van der Waals surface area contributed by atoms with Crippen molar-refractivity contribution < 1.29 is 14.3 Å². The van der Waals surface area contributed by atoms with Crippen molar-refractivity contribution >= 4 is 18.1 Å². The van der Waals surface area contributed by atoms with E-state index in [1.165, 1.54) is 16.7 Å². The van der Waals surface area contributed by atoms with Crippen molar-refractivity contribution in [3.8, 4) is 5.75 Å². The average molecular weight is 423 g/mol. The van der Waals surface area contributed by atoms with Crippen molar-refractivity contribution in [1.29, 1.82) is 0 Å². The fraction of sp³-hybridized carbons (Fsp3) is 0.360. The average Bonchev–Trinajstić information content (AvgIpc) is 2.68. The number of aromatic hydroxyl groups is 1. The van der Waals surface area contributed by atoms with Gasteiger partial charge in [0, 0.05) is 10.8 Å². The number of halogens is 1. The summed E-state index contributed by atoms with van der Waals surface area (Å²) in [5.41, 5.74) is -0.286. The van der Waals surface area contributed by atoms with E-state index in [1.54, 1.807) is 24.3 Å². The quantitative estimate of drug-likeness (QED) is 0.752. The molecule has 5 rings (SSSR count). The number of aromatic nitrogens is 1. The maximum absolute atomic E-state index is 13.4. The van der Waals surface area contributed by atoms with Gasteiger partial charge >= 0.3 is 0 Å². The summed E-state index contributed by atoms with van der Waals surface area (Å²) in [6, 6.07) is 5.91. The highest BCUT2D eigenvalue weighted by Crippen LogP contribution is 2.56. The smallest absolute Gasteiger partial charge is 0.268 e. The van der Waals surface area contributed by atoms with Gasteiger partial charge in [-0.25, -0.2) is 4.39 Å². The first-order chi connectivity index (χ1) is 14.9. The molecule has 5 nitrogen and oxygen atoms in total. The van der Waals surface area contributed by atoms with Gasteiger partial charge in [-0.15, -0.1) is 0 Å². The molecular weight excluding hydrogens is 395 g/mol. The molecule has 1 amide bonds. The summed E-state index contributed by atoms with van der Waals surface area (Å²) < 4.78 is 14.8. The zero-order valence-electron chi connectivity index (χ0n) is 17.8. The lowest BCUT2D eigenvalue weighted by atomic mass is 9.50. The van der Waals surface area contributed by atoms with E-state index in [1.807, 2.05) is 26.0 Å². The number of amides is 1. The number of hydrogen-bond donors (Lipinski definition) is 2. The Labute approximate surface area is 180 Å². The molecule has 2 aromatic rings. The number of benzene rings is 1. The molecule has 6 heteroatoms. The fourth-order valence-electron chi connectivity index (χ4n) is 4.59. The lowest BCUT2D eigenvalue weighted by Crippen LogP contribution is -2.68. The van der Waals surface area contributed by atoms with Crippen molar-refractivity contribution in [2.75, 3.05) is 0 Å². The van der Waals surface area contributed by atoms with Crippen LogP contribution in [0.4, 0.5) is 4.39 Å². The van der Waals surface area contributed by atoms with E-state index in [0.29, 0.717) is 22.9 Å². The molecule has 1 aromatic carbocycles. The van der Waals surface area contributed by atoms with Gasteiger partial charge in [0.25, 0.3) is 11.5 Å². The van der Waals surface area contributed by atoms with Gasteiger partial charge in [-0.1, -0.05) is 37.3 Å². The third-order valence-corrected chi connectivity index (χ3v) is 6.27. The van der Waals surface area contributed by atoms with Crippen LogP contribution in [-0.4, -0.2) is 21.1 Å². The number of nitrogens with zero attached hydrogens (tertiary/aromatic N) is 1. The van der Waals surface area contributed by atoms with Crippen LogP contribution in [0.15, 0.2) is 41.2 Å². The number of rotatable bonds is 6. The molecule has 0 spiro atoms. The second kappa shape index (κ2) is 8.17. The van der Waals surface area contributed by atoms with Gasteiger partial charge in [0.1, 0.15) is 17.1 Å². The topological polar surface area (TPSA) is 71.3 Å². The minimum atomic E-state index is -0.553. The first kappa shape index (κ1) is 21.1. The Morgan fingerprint density at radius 2 is 1.97 bits per heavy atom. The molecule has 162 valence electrons. The van der Waals surface area contributed by atoms with Gasteiger partial charge in [-0.05, 0) is 62.3 Å². The van der Waals surface area contributed by atoms with Crippen molar-refractivity contribution in [3.63, 3.8) is 0 Å². The first-order valence-electron chi connectivity index (χ1n) is 10.7. The van der Waals surface area contributed by atoms with Gasteiger partial charge in [0.15, 0.2) is 0 Å². The predicted molar refractivity (Wildman–Crippen MR) is 119 cm³/mol. The number of carbonyl (C=O) groups is 1. The Bertz CT molecular complexity index is 1210. The second-order valence-electron chi connectivity index (χ2n) is 8.56. The molecule has 1 aromatic heterocycles. The summed E-state index contributed by atoms with van der Waals surface area (Å²) in [6.07, 6.45) is 10.6. The molecule has 3 saturated carbocycles. The maximum atomic E-state index is 13.4. The lowest BCUT2D eigenvalue weighted by molar-refractivity contribution is -0.0439. The lowest BCUT2D eigenvalue weighted by Gasteiger charge is -2.61. The summed E-state index contributed by atoms with van der Waals surface area (Å²) in [7, 11) is 0. The van der Waals surface area contributed by atoms with Crippen LogP contribution in [0, 0.1) is 11.7 Å². The zero-order valence-corrected chi connectivity index (χ0v) is 17.8. The van der Waals surface area contributed by atoms with Crippen LogP contribution in [0.2, 0.25) is 0 Å². The molecule has 0 atom stereocenters. The summed E-state index contributed by atoms with van der Waals surface area (Å²) >= 11 is 0. The number of allylic oxidation sites excluding steroid dienone is 2. The summed E-state index contributed by atoms with van der Waals surface area (Å²) in [5.74, 6) is -0.527. The highest BCUT2D eigenvalue weighted by molar-refractivity contribution is 5.97. The second-order valence-corrected chi connectivity index (χ2v) is 8.56. The van der Waals surface area contributed by atoms with E-state index in [0.717, 1.165) is 24.8 Å². The maximum Gasteiger partial charge on any atom is 0.268 e. The number of pyridine rings is 1. The molecule has 3 aliphatic rings. The molecule has 0 radical (unpaired) electrons. The zero-order chi connectivity index (χ0) is 22.2. The van der Waals surface area contributed by atoms with Crippen LogP contribution in [0.3, 0.4) is 0 Å². The molecule has 31 heavy (non-hydrogen) atoms. The van der Waals surface area contributed by atoms with Gasteiger partial charge < -0.3 is 15.0 Å². The van der Waals surface area contributed by atoms with E-state index in [9.17, 15) is 19.1 Å². The SMILES string of the molecule is C\C=C/C=c1/c(O)c(C(=O)NC23CC(C2)C3)c(=O)n(Cc2ccc(F)cc2)/c1=C\CC. The number of nitrogens with one attached hydrogen (secondary N) is 1. The minimum absolute atomic E-state index is 0.162. The molecule has 2 N–H and O–H groups in total. The Balaban J connectivity index is 1.90. The fourth-order valence-corrected chi connectivity index (χ4v) is 4.59. The molecule has 0 unspecified atom stereocenters. The minimum Gasteiger partial charge on any atom is -0.506 e. The van der Waals surface area contributed by atoms with Crippen molar-refractivity contribution in [2.24, 2.45) is 5.92 Å². The first-order valence-corrected chi connectivity index (χ1v) is 10.7. The van der Waals surface area contributed by atoms with Crippen LogP contribution < -0.4 is 21.4 Å². The van der Waals surface area contributed by atoms with Crippen LogP contribution in [0.1, 0.15) is 55.5 Å².